The van der Waals surface area contributed by atoms with E-state index in [1.54, 1.807) is 43.0 Å². The Balaban J connectivity index is 1.39. The highest BCUT2D eigenvalue weighted by molar-refractivity contribution is 7.19. The average Bonchev–Trinajstić information content (AvgIpc) is 3.23. The lowest BCUT2D eigenvalue weighted by Crippen LogP contribution is -2.34. The van der Waals surface area contributed by atoms with Crippen molar-refractivity contribution in [3.63, 3.8) is 0 Å². The molecule has 3 heterocycles. The first kappa shape index (κ1) is 25.9. The molecule has 0 radical (unpaired) electrons. The fourth-order valence-electron chi connectivity index (χ4n) is 4.26. The number of benzene rings is 1. The largest absolute Gasteiger partial charge is 0.385 e. The van der Waals surface area contributed by atoms with Crippen LogP contribution in [0.25, 0.3) is 10.2 Å². The van der Waals surface area contributed by atoms with Crippen LogP contribution in [0.4, 0.5) is 11.5 Å². The summed E-state index contributed by atoms with van der Waals surface area (Å²) in [7, 11) is 1.74. The van der Waals surface area contributed by atoms with Gasteiger partial charge in [-0.25, -0.2) is 9.97 Å². The van der Waals surface area contributed by atoms with E-state index in [4.69, 9.17) is 27.9 Å². The second kappa shape index (κ2) is 12.2. The number of amides is 1. The lowest BCUT2D eigenvalue weighted by Gasteiger charge is -2.26. The van der Waals surface area contributed by atoms with Crippen LogP contribution in [0.15, 0.2) is 36.7 Å². The van der Waals surface area contributed by atoms with Gasteiger partial charge in [0.25, 0.3) is 0 Å². The molecule has 35 heavy (non-hydrogen) atoms. The van der Waals surface area contributed by atoms with Crippen molar-refractivity contribution in [1.29, 1.82) is 0 Å². The van der Waals surface area contributed by atoms with Crippen molar-refractivity contribution < 1.29 is 9.53 Å². The fourth-order valence-corrected chi connectivity index (χ4v) is 5.76. The van der Waals surface area contributed by atoms with Gasteiger partial charge in [-0.15, -0.1) is 11.3 Å². The molecule has 1 unspecified atom stereocenters. The molecule has 0 spiro atoms. The molecule has 2 aromatic heterocycles. The molecule has 1 aliphatic heterocycles. The molecule has 1 aromatic carbocycles. The first-order valence-corrected chi connectivity index (χ1v) is 13.4. The van der Waals surface area contributed by atoms with Crippen LogP contribution >= 0.6 is 34.5 Å². The van der Waals surface area contributed by atoms with Crippen molar-refractivity contribution in [2.24, 2.45) is 5.92 Å². The van der Waals surface area contributed by atoms with Crippen LogP contribution in [0.1, 0.15) is 43.0 Å². The van der Waals surface area contributed by atoms with Crippen molar-refractivity contribution in [2.75, 3.05) is 25.6 Å². The Hall–Kier alpha value is -2.19. The number of allylic oxidation sites excluding steroid dienone is 1. The van der Waals surface area contributed by atoms with Gasteiger partial charge >= 0.3 is 0 Å². The fraction of sp³-hybridized carbons (Fsp3) is 0.423. The molecule has 1 atom stereocenters. The van der Waals surface area contributed by atoms with E-state index in [9.17, 15) is 4.79 Å². The number of thiophene rings is 1. The predicted molar refractivity (Wildman–Crippen MR) is 145 cm³/mol. The number of carbonyl (C=O) groups is 1. The molecule has 3 aromatic rings. The van der Waals surface area contributed by atoms with Gasteiger partial charge in [-0.05, 0) is 61.4 Å². The van der Waals surface area contributed by atoms with Crippen LogP contribution in [0.3, 0.4) is 0 Å². The molecule has 4 rings (SSSR count). The normalized spacial score (nSPS) is 14.5. The number of nitrogens with zero attached hydrogens (tertiary/aromatic N) is 3. The third kappa shape index (κ3) is 6.53. The van der Waals surface area contributed by atoms with Crippen molar-refractivity contribution in [3.8, 4) is 0 Å². The molecule has 186 valence electrons. The number of anilines is 2. The van der Waals surface area contributed by atoms with Gasteiger partial charge in [0.15, 0.2) is 0 Å². The standard InChI is InChI=1S/C26H30Cl2N4O2S/c1-17(11-13-34-2)6-4-3-5-7-23(33)32-12-10-19-22(15-32)35-26-24(19)25(29-16-30-26)31-18-8-9-20(27)21(28)14-18/h5,7-9,14,16-17H,3-4,6,10-13,15H2,1-2H3,(H,29,30,31)/b7-5+. The Morgan fingerprint density at radius 2 is 2.14 bits per heavy atom. The quantitative estimate of drug-likeness (QED) is 0.224. The minimum absolute atomic E-state index is 0.0702. The number of fused-ring (bicyclic) bond motifs is 3. The van der Waals surface area contributed by atoms with Gasteiger partial charge in [0.2, 0.25) is 5.91 Å². The second-order valence-corrected chi connectivity index (χ2v) is 10.8. The summed E-state index contributed by atoms with van der Waals surface area (Å²) in [5.74, 6) is 1.46. The highest BCUT2D eigenvalue weighted by Crippen LogP contribution is 2.38. The van der Waals surface area contributed by atoms with Crippen LogP contribution in [0.2, 0.25) is 10.0 Å². The lowest BCUT2D eigenvalue weighted by molar-refractivity contribution is -0.126. The van der Waals surface area contributed by atoms with E-state index in [1.165, 1.54) is 5.56 Å². The number of unbranched alkanes of at least 4 members (excludes halogenated alkanes) is 1. The van der Waals surface area contributed by atoms with Crippen molar-refractivity contribution in [2.45, 2.75) is 45.6 Å². The Morgan fingerprint density at radius 1 is 1.29 bits per heavy atom. The first-order valence-electron chi connectivity index (χ1n) is 11.9. The third-order valence-electron chi connectivity index (χ3n) is 6.27. The zero-order chi connectivity index (χ0) is 24.8. The van der Waals surface area contributed by atoms with Crippen LogP contribution in [0.5, 0.6) is 0 Å². The number of nitrogens with one attached hydrogen (secondary N) is 1. The van der Waals surface area contributed by atoms with E-state index < -0.39 is 0 Å². The van der Waals surface area contributed by atoms with Gasteiger partial charge in [0.05, 0.1) is 22.0 Å². The molecule has 0 aliphatic carbocycles. The second-order valence-electron chi connectivity index (χ2n) is 8.89. The molecule has 1 amide bonds. The van der Waals surface area contributed by atoms with Crippen LogP contribution in [0, 0.1) is 5.92 Å². The molecule has 0 fully saturated rings. The molecule has 9 heteroatoms. The zero-order valence-electron chi connectivity index (χ0n) is 20.0. The molecule has 1 aliphatic rings. The molecular weight excluding hydrogens is 503 g/mol. The van der Waals surface area contributed by atoms with Gasteiger partial charge in [-0.3, -0.25) is 4.79 Å². The maximum absolute atomic E-state index is 12.8. The SMILES string of the molecule is COCCC(C)CCC/C=C/C(=O)N1CCc2c(sc3ncnc(Nc4ccc(Cl)c(Cl)c4)c23)C1. The predicted octanol–water partition coefficient (Wildman–Crippen LogP) is 7.03. The van der Waals surface area contributed by atoms with Crippen LogP contribution in [-0.4, -0.2) is 41.0 Å². The van der Waals surface area contributed by atoms with E-state index in [0.717, 1.165) is 65.3 Å². The summed E-state index contributed by atoms with van der Waals surface area (Å²) in [6.45, 7) is 4.33. The summed E-state index contributed by atoms with van der Waals surface area (Å²) in [5, 5.41) is 5.37. The highest BCUT2D eigenvalue weighted by Gasteiger charge is 2.25. The van der Waals surface area contributed by atoms with Gasteiger partial charge in [-0.2, -0.15) is 0 Å². The third-order valence-corrected chi connectivity index (χ3v) is 8.14. The van der Waals surface area contributed by atoms with Gasteiger partial charge in [0.1, 0.15) is 17.0 Å². The van der Waals surface area contributed by atoms with Crippen molar-refractivity contribution >= 4 is 62.2 Å². The summed E-state index contributed by atoms with van der Waals surface area (Å²) in [6, 6.07) is 5.41. The van der Waals surface area contributed by atoms with Gasteiger partial charge in [-0.1, -0.05) is 42.6 Å². The number of aromatic nitrogens is 2. The first-order chi connectivity index (χ1) is 17.0. The molecule has 0 saturated carbocycles. The van der Waals surface area contributed by atoms with Gasteiger partial charge < -0.3 is 15.0 Å². The maximum atomic E-state index is 12.8. The number of ether oxygens (including phenoxy) is 1. The Kier molecular flexibility index (Phi) is 9.00. The van der Waals surface area contributed by atoms with E-state index in [2.05, 4.69) is 22.2 Å². The number of hydrogen-bond donors (Lipinski definition) is 1. The summed E-state index contributed by atoms with van der Waals surface area (Å²) in [6.07, 6.45) is 10.3. The van der Waals surface area contributed by atoms with E-state index in [1.807, 2.05) is 17.0 Å². The summed E-state index contributed by atoms with van der Waals surface area (Å²) in [4.78, 5) is 25.8. The zero-order valence-corrected chi connectivity index (χ0v) is 22.3. The number of hydrogen-bond acceptors (Lipinski definition) is 6. The topological polar surface area (TPSA) is 67.3 Å². The molecule has 0 bridgehead atoms. The number of rotatable bonds is 10. The average molecular weight is 534 g/mol. The van der Waals surface area contributed by atoms with Crippen molar-refractivity contribution in [3.05, 3.63) is 57.2 Å². The van der Waals surface area contributed by atoms with E-state index in [0.29, 0.717) is 29.1 Å². The monoisotopic (exact) mass is 532 g/mol. The number of carbonyl (C=O) groups excluding carboxylic acids is 1. The minimum Gasteiger partial charge on any atom is -0.385 e. The minimum atomic E-state index is 0.0702. The molecule has 0 saturated heterocycles. The lowest BCUT2D eigenvalue weighted by atomic mass is 10.0. The number of methoxy groups -OCH3 is 1. The highest BCUT2D eigenvalue weighted by atomic mass is 35.5. The summed E-state index contributed by atoms with van der Waals surface area (Å²) in [5.41, 5.74) is 2.02. The molecule has 1 N–H and O–H groups in total. The van der Waals surface area contributed by atoms with E-state index in [-0.39, 0.29) is 5.91 Å². The van der Waals surface area contributed by atoms with Crippen molar-refractivity contribution in [1.82, 2.24) is 14.9 Å². The Morgan fingerprint density at radius 3 is 2.94 bits per heavy atom. The van der Waals surface area contributed by atoms with Crippen LogP contribution < -0.4 is 5.32 Å². The summed E-state index contributed by atoms with van der Waals surface area (Å²) >= 11 is 13.8. The summed E-state index contributed by atoms with van der Waals surface area (Å²) < 4.78 is 5.14. The van der Waals surface area contributed by atoms with E-state index >= 15 is 0 Å². The Bertz CT molecular complexity index is 1210. The molecular formula is C26H30Cl2N4O2S. The Labute approximate surface area is 220 Å². The molecule has 6 nitrogen and oxygen atoms in total. The van der Waals surface area contributed by atoms with Crippen LogP contribution in [-0.2, 0) is 22.5 Å². The smallest absolute Gasteiger partial charge is 0.246 e. The maximum Gasteiger partial charge on any atom is 0.246 e. The van der Waals surface area contributed by atoms with Gasteiger partial charge in [0, 0.05) is 30.8 Å². The number of halogens is 2.